The van der Waals surface area contributed by atoms with Crippen LogP contribution in [-0.2, 0) is 11.3 Å². The van der Waals surface area contributed by atoms with E-state index in [1.165, 1.54) is 63.4 Å². The predicted molar refractivity (Wildman–Crippen MR) is 121 cm³/mol. The van der Waals surface area contributed by atoms with Crippen molar-refractivity contribution in [3.05, 3.63) is 35.9 Å². The first-order chi connectivity index (χ1) is 14.2. The van der Waals surface area contributed by atoms with Crippen LogP contribution in [0.1, 0.15) is 83.6 Å². The van der Waals surface area contributed by atoms with Gasteiger partial charge in [0.15, 0.2) is 0 Å². The lowest BCUT2D eigenvalue weighted by molar-refractivity contribution is 0.0450. The van der Waals surface area contributed by atoms with Crippen LogP contribution in [0.3, 0.4) is 0 Å². The minimum atomic E-state index is -0.954. The Hall–Kier alpha value is -0.980. The molecule has 0 heterocycles. The molecular formula is C24H46O5. The number of unbranched alkanes of at least 4 members (excludes halogenated alkanes) is 9. The van der Waals surface area contributed by atoms with E-state index < -0.39 is 6.10 Å². The van der Waals surface area contributed by atoms with Gasteiger partial charge < -0.3 is 25.2 Å². The standard InChI is InChI=1S/C12H26O.C9H12O.C3H8O3/c1-2-3-4-5-6-7-8-9-10-11-12-13;1-2-10-8-9-6-4-3-5-7-9;4-1-3(6)2-5/h13H,2-12H2,1H3;3-7H,2,8H2,1H3;3-6H,1-2H2. The Kier molecular flexibility index (Phi) is 28.2. The van der Waals surface area contributed by atoms with Crippen molar-refractivity contribution in [2.45, 2.75) is 90.8 Å². The molecule has 5 heteroatoms. The van der Waals surface area contributed by atoms with E-state index in [0.29, 0.717) is 6.61 Å². The number of hydrogen-bond donors (Lipinski definition) is 4. The van der Waals surface area contributed by atoms with E-state index in [2.05, 4.69) is 19.1 Å². The summed E-state index contributed by atoms with van der Waals surface area (Å²) in [5.74, 6) is 0. The minimum absolute atomic E-state index is 0.365. The molecule has 0 unspecified atom stereocenters. The van der Waals surface area contributed by atoms with Gasteiger partial charge in [-0.05, 0) is 18.9 Å². The van der Waals surface area contributed by atoms with Gasteiger partial charge in [0, 0.05) is 13.2 Å². The van der Waals surface area contributed by atoms with Crippen molar-refractivity contribution in [3.63, 3.8) is 0 Å². The van der Waals surface area contributed by atoms with Gasteiger partial charge in [-0.2, -0.15) is 0 Å². The highest BCUT2D eigenvalue weighted by Crippen LogP contribution is 2.10. The van der Waals surface area contributed by atoms with E-state index in [0.717, 1.165) is 19.6 Å². The van der Waals surface area contributed by atoms with Gasteiger partial charge in [0.25, 0.3) is 0 Å². The fraction of sp³-hybridized carbons (Fsp3) is 0.750. The smallest absolute Gasteiger partial charge is 0.100 e. The molecule has 0 aromatic heterocycles. The molecule has 1 rings (SSSR count). The maximum absolute atomic E-state index is 8.57. The summed E-state index contributed by atoms with van der Waals surface area (Å²) in [5.41, 5.74) is 1.24. The molecule has 0 aliphatic heterocycles. The van der Waals surface area contributed by atoms with Crippen molar-refractivity contribution < 1.29 is 25.2 Å². The summed E-state index contributed by atoms with van der Waals surface area (Å²) in [5, 5.41) is 32.6. The van der Waals surface area contributed by atoms with Crippen LogP contribution in [0.5, 0.6) is 0 Å². The van der Waals surface area contributed by atoms with Gasteiger partial charge in [0.05, 0.1) is 19.8 Å². The maximum Gasteiger partial charge on any atom is 0.100 e. The van der Waals surface area contributed by atoms with Crippen LogP contribution in [0.25, 0.3) is 0 Å². The highest BCUT2D eigenvalue weighted by atomic mass is 16.5. The number of ether oxygens (including phenoxy) is 1. The third-order valence-electron chi connectivity index (χ3n) is 4.25. The van der Waals surface area contributed by atoms with Gasteiger partial charge in [-0.25, -0.2) is 0 Å². The molecular weight excluding hydrogens is 368 g/mol. The van der Waals surface area contributed by atoms with Gasteiger partial charge in [-0.3, -0.25) is 0 Å². The average Bonchev–Trinajstić information content (AvgIpc) is 2.77. The second-order valence-corrected chi connectivity index (χ2v) is 7.05. The molecule has 0 radical (unpaired) electrons. The van der Waals surface area contributed by atoms with E-state index >= 15 is 0 Å². The molecule has 0 saturated carbocycles. The Labute approximate surface area is 178 Å². The highest BCUT2D eigenvalue weighted by molar-refractivity contribution is 5.13. The first-order valence-corrected chi connectivity index (χ1v) is 11.3. The molecule has 29 heavy (non-hydrogen) atoms. The van der Waals surface area contributed by atoms with Crippen molar-refractivity contribution in [2.24, 2.45) is 0 Å². The summed E-state index contributed by atoms with van der Waals surface area (Å²) in [6.07, 6.45) is 12.3. The molecule has 0 atom stereocenters. The number of hydrogen-bond acceptors (Lipinski definition) is 5. The fourth-order valence-corrected chi connectivity index (χ4v) is 2.45. The molecule has 1 aromatic carbocycles. The van der Waals surface area contributed by atoms with Crippen molar-refractivity contribution >= 4 is 0 Å². The predicted octanol–water partition coefficient (Wildman–Crippen LogP) is 4.45. The van der Waals surface area contributed by atoms with E-state index in [-0.39, 0.29) is 13.2 Å². The average molecular weight is 415 g/mol. The topological polar surface area (TPSA) is 90.2 Å². The quantitative estimate of drug-likeness (QED) is 0.318. The molecule has 0 fully saturated rings. The van der Waals surface area contributed by atoms with Gasteiger partial charge in [0.1, 0.15) is 6.10 Å². The molecule has 0 bridgehead atoms. The van der Waals surface area contributed by atoms with Crippen LogP contribution in [0.15, 0.2) is 30.3 Å². The second-order valence-electron chi connectivity index (χ2n) is 7.05. The number of aliphatic hydroxyl groups is 4. The van der Waals surface area contributed by atoms with Gasteiger partial charge >= 0.3 is 0 Å². The van der Waals surface area contributed by atoms with E-state index in [4.69, 9.17) is 25.2 Å². The van der Waals surface area contributed by atoms with Crippen LogP contribution in [0.4, 0.5) is 0 Å². The molecule has 0 aliphatic rings. The van der Waals surface area contributed by atoms with Crippen LogP contribution in [-0.4, -0.2) is 53.0 Å². The third-order valence-corrected chi connectivity index (χ3v) is 4.25. The summed E-state index contributed by atoms with van der Waals surface area (Å²) in [4.78, 5) is 0. The SMILES string of the molecule is CCCCCCCCCCCCO.CCOCc1ccccc1.OCC(O)CO. The maximum atomic E-state index is 8.57. The summed E-state index contributed by atoms with van der Waals surface area (Å²) in [7, 11) is 0. The Morgan fingerprint density at radius 2 is 1.21 bits per heavy atom. The van der Waals surface area contributed by atoms with Crippen LogP contribution >= 0.6 is 0 Å². The Morgan fingerprint density at radius 3 is 1.59 bits per heavy atom. The van der Waals surface area contributed by atoms with E-state index in [9.17, 15) is 0 Å². The first-order valence-electron chi connectivity index (χ1n) is 11.3. The van der Waals surface area contributed by atoms with Gasteiger partial charge in [-0.15, -0.1) is 0 Å². The molecule has 0 spiro atoms. The molecule has 172 valence electrons. The summed E-state index contributed by atoms with van der Waals surface area (Å²) < 4.78 is 5.22. The lowest BCUT2D eigenvalue weighted by Crippen LogP contribution is -2.15. The van der Waals surface area contributed by atoms with Crippen LogP contribution in [0.2, 0.25) is 0 Å². The summed E-state index contributed by atoms with van der Waals surface area (Å²) >= 11 is 0. The summed E-state index contributed by atoms with van der Waals surface area (Å²) in [6, 6.07) is 10.2. The van der Waals surface area contributed by atoms with Crippen molar-refractivity contribution in [1.82, 2.24) is 0 Å². The van der Waals surface area contributed by atoms with Crippen molar-refractivity contribution in [3.8, 4) is 0 Å². The van der Waals surface area contributed by atoms with Gasteiger partial charge in [-0.1, -0.05) is 95.0 Å². The van der Waals surface area contributed by atoms with Crippen molar-refractivity contribution in [2.75, 3.05) is 26.4 Å². The van der Waals surface area contributed by atoms with E-state index in [1.54, 1.807) is 0 Å². The highest BCUT2D eigenvalue weighted by Gasteiger charge is 1.94. The molecule has 0 aliphatic carbocycles. The zero-order valence-corrected chi connectivity index (χ0v) is 18.8. The van der Waals surface area contributed by atoms with Crippen LogP contribution < -0.4 is 0 Å². The van der Waals surface area contributed by atoms with Crippen LogP contribution in [0, 0.1) is 0 Å². The number of aliphatic hydroxyl groups excluding tert-OH is 4. The molecule has 0 saturated heterocycles. The molecule has 0 amide bonds. The minimum Gasteiger partial charge on any atom is -0.396 e. The fourth-order valence-electron chi connectivity index (χ4n) is 2.45. The normalized spacial score (nSPS) is 10.2. The second kappa shape index (κ2) is 27.0. The number of benzene rings is 1. The lowest BCUT2D eigenvalue weighted by Gasteiger charge is -2.00. The van der Waals surface area contributed by atoms with E-state index in [1.807, 2.05) is 25.1 Å². The Balaban J connectivity index is 0. The zero-order valence-electron chi connectivity index (χ0n) is 18.8. The summed E-state index contributed by atoms with van der Waals surface area (Å²) in [6.45, 7) is 5.42. The first kappa shape index (κ1) is 30.2. The zero-order chi connectivity index (χ0) is 22.0. The molecule has 5 nitrogen and oxygen atoms in total. The third kappa shape index (κ3) is 27.0. The van der Waals surface area contributed by atoms with Gasteiger partial charge in [0.2, 0.25) is 0 Å². The van der Waals surface area contributed by atoms with Crippen molar-refractivity contribution in [1.29, 1.82) is 0 Å². The molecule has 4 N–H and O–H groups in total. The largest absolute Gasteiger partial charge is 0.396 e. The number of rotatable bonds is 15. The Bertz CT molecular complexity index is 372. The Morgan fingerprint density at radius 1 is 0.724 bits per heavy atom. The lowest BCUT2D eigenvalue weighted by atomic mass is 10.1. The molecule has 1 aromatic rings. The monoisotopic (exact) mass is 414 g/mol.